The molecule has 0 radical (unpaired) electrons. The molecule has 1 amide bonds. The predicted molar refractivity (Wildman–Crippen MR) is 88.6 cm³/mol. The molecule has 1 aromatic heterocycles. The van der Waals surface area contributed by atoms with Gasteiger partial charge >= 0.3 is 6.09 Å². The van der Waals surface area contributed by atoms with Gasteiger partial charge < -0.3 is 14.4 Å². The minimum atomic E-state index is -0.471. The molecule has 1 aliphatic rings. The molecular formula is C18H22N2O3. The van der Waals surface area contributed by atoms with Crippen molar-refractivity contribution in [2.45, 2.75) is 38.9 Å². The molecule has 0 spiro atoms. The van der Waals surface area contributed by atoms with E-state index in [9.17, 15) is 4.79 Å². The zero-order valence-electron chi connectivity index (χ0n) is 13.8. The third-order valence-electron chi connectivity index (χ3n) is 3.67. The van der Waals surface area contributed by atoms with E-state index in [0.717, 1.165) is 23.1 Å². The number of hydrogen-bond acceptors (Lipinski definition) is 4. The van der Waals surface area contributed by atoms with Gasteiger partial charge in [-0.05, 0) is 45.0 Å². The Labute approximate surface area is 136 Å². The van der Waals surface area contributed by atoms with E-state index in [2.05, 4.69) is 4.98 Å². The molecule has 5 nitrogen and oxygen atoms in total. The lowest BCUT2D eigenvalue weighted by atomic mass is 10.2. The number of nitrogens with zero attached hydrogens (tertiary/aromatic N) is 2. The van der Waals surface area contributed by atoms with Crippen LogP contribution in [0.3, 0.4) is 0 Å². The van der Waals surface area contributed by atoms with Crippen LogP contribution in [0.2, 0.25) is 0 Å². The summed E-state index contributed by atoms with van der Waals surface area (Å²) in [5.74, 6) is 0.807. The third kappa shape index (κ3) is 3.92. The number of carbonyl (C=O) groups excluding carboxylic acids is 1. The number of ether oxygens (including phenoxy) is 2. The van der Waals surface area contributed by atoms with Crippen molar-refractivity contribution in [1.29, 1.82) is 0 Å². The largest absolute Gasteiger partial charge is 0.488 e. The number of carbonyl (C=O) groups is 1. The highest BCUT2D eigenvalue weighted by molar-refractivity contribution is 5.79. The summed E-state index contributed by atoms with van der Waals surface area (Å²) in [5.41, 5.74) is 0.475. The fourth-order valence-corrected chi connectivity index (χ4v) is 2.64. The number of fused-ring (bicyclic) bond motifs is 1. The Hall–Kier alpha value is -2.30. The molecule has 2 aromatic rings. The Bertz CT molecular complexity index is 709. The number of pyridine rings is 1. The van der Waals surface area contributed by atoms with E-state index < -0.39 is 5.60 Å². The summed E-state index contributed by atoms with van der Waals surface area (Å²) in [6, 6.07) is 9.78. The average molecular weight is 314 g/mol. The fraction of sp³-hybridized carbons (Fsp3) is 0.444. The predicted octanol–water partition coefficient (Wildman–Crippen LogP) is 3.62. The first-order chi connectivity index (χ1) is 10.9. The molecule has 2 heterocycles. The van der Waals surface area contributed by atoms with Crippen molar-refractivity contribution in [3.63, 3.8) is 0 Å². The Balaban J connectivity index is 1.61. The van der Waals surface area contributed by atoms with Crippen LogP contribution in [0.1, 0.15) is 27.2 Å². The van der Waals surface area contributed by atoms with Gasteiger partial charge in [-0.25, -0.2) is 4.79 Å². The summed E-state index contributed by atoms with van der Waals surface area (Å²) in [4.78, 5) is 18.1. The second-order valence-corrected chi connectivity index (χ2v) is 6.81. The smallest absolute Gasteiger partial charge is 0.410 e. The molecule has 0 unspecified atom stereocenters. The Morgan fingerprint density at radius 3 is 2.91 bits per heavy atom. The van der Waals surface area contributed by atoms with Gasteiger partial charge in [0.1, 0.15) is 17.5 Å². The molecule has 0 saturated carbocycles. The molecule has 1 atom stereocenters. The van der Waals surface area contributed by atoms with Crippen molar-refractivity contribution in [1.82, 2.24) is 9.88 Å². The van der Waals surface area contributed by atoms with Gasteiger partial charge in [0.25, 0.3) is 0 Å². The standard InChI is InChI=1S/C18H22N2O3/c1-18(2,3)23-17(21)20-10-8-15(12-20)22-14-6-7-16-13(11-14)5-4-9-19-16/h4-7,9,11,15H,8,10,12H2,1-3H3/t15-/m0/s1. The maximum Gasteiger partial charge on any atom is 0.410 e. The lowest BCUT2D eigenvalue weighted by Gasteiger charge is -2.24. The van der Waals surface area contributed by atoms with Gasteiger partial charge in [-0.2, -0.15) is 0 Å². The lowest BCUT2D eigenvalue weighted by molar-refractivity contribution is 0.0275. The van der Waals surface area contributed by atoms with Gasteiger partial charge in [0.15, 0.2) is 0 Å². The molecule has 0 N–H and O–H groups in total. The fourth-order valence-electron chi connectivity index (χ4n) is 2.64. The zero-order chi connectivity index (χ0) is 16.4. The minimum absolute atomic E-state index is 0.00311. The van der Waals surface area contributed by atoms with E-state index in [-0.39, 0.29) is 12.2 Å². The number of hydrogen-bond donors (Lipinski definition) is 0. The van der Waals surface area contributed by atoms with Crippen LogP contribution in [-0.4, -0.2) is 40.8 Å². The van der Waals surface area contributed by atoms with Gasteiger partial charge in [0, 0.05) is 24.5 Å². The minimum Gasteiger partial charge on any atom is -0.488 e. The van der Waals surface area contributed by atoms with E-state index in [4.69, 9.17) is 9.47 Å². The van der Waals surface area contributed by atoms with Crippen molar-refractivity contribution in [2.75, 3.05) is 13.1 Å². The van der Waals surface area contributed by atoms with Crippen LogP contribution in [0, 0.1) is 0 Å². The van der Waals surface area contributed by atoms with Crippen molar-refractivity contribution >= 4 is 17.0 Å². The van der Waals surface area contributed by atoms with Gasteiger partial charge in [-0.1, -0.05) is 6.07 Å². The van der Waals surface area contributed by atoms with Crippen LogP contribution in [0.15, 0.2) is 36.5 Å². The monoisotopic (exact) mass is 314 g/mol. The van der Waals surface area contributed by atoms with Crippen LogP contribution in [0.4, 0.5) is 4.79 Å². The van der Waals surface area contributed by atoms with Crippen molar-refractivity contribution in [3.8, 4) is 5.75 Å². The van der Waals surface area contributed by atoms with Crippen LogP contribution in [-0.2, 0) is 4.74 Å². The van der Waals surface area contributed by atoms with Gasteiger partial charge in [0.2, 0.25) is 0 Å². The molecule has 1 saturated heterocycles. The topological polar surface area (TPSA) is 51.7 Å². The van der Waals surface area contributed by atoms with E-state index in [1.807, 2.05) is 51.1 Å². The quantitative estimate of drug-likeness (QED) is 0.849. The maximum absolute atomic E-state index is 12.1. The Morgan fingerprint density at radius 2 is 2.13 bits per heavy atom. The highest BCUT2D eigenvalue weighted by Crippen LogP contribution is 2.23. The van der Waals surface area contributed by atoms with Crippen molar-refractivity contribution in [3.05, 3.63) is 36.5 Å². The van der Waals surface area contributed by atoms with E-state index in [1.54, 1.807) is 11.1 Å². The Morgan fingerprint density at radius 1 is 1.30 bits per heavy atom. The molecule has 5 heteroatoms. The van der Waals surface area contributed by atoms with E-state index in [1.165, 1.54) is 0 Å². The summed E-state index contributed by atoms with van der Waals surface area (Å²) in [6.07, 6.45) is 2.31. The first-order valence-electron chi connectivity index (χ1n) is 7.90. The number of amides is 1. The second-order valence-electron chi connectivity index (χ2n) is 6.81. The number of rotatable bonds is 2. The van der Waals surface area contributed by atoms with E-state index in [0.29, 0.717) is 13.1 Å². The molecule has 1 aliphatic heterocycles. The Kier molecular flexibility index (Phi) is 4.11. The highest BCUT2D eigenvalue weighted by atomic mass is 16.6. The summed E-state index contributed by atoms with van der Waals surface area (Å²) in [7, 11) is 0. The molecule has 3 rings (SSSR count). The van der Waals surface area contributed by atoms with E-state index >= 15 is 0 Å². The lowest BCUT2D eigenvalue weighted by Crippen LogP contribution is -2.36. The number of aromatic nitrogens is 1. The second kappa shape index (κ2) is 6.07. The molecule has 122 valence electrons. The number of likely N-dealkylation sites (tertiary alicyclic amines) is 1. The normalized spacial score (nSPS) is 18.2. The highest BCUT2D eigenvalue weighted by Gasteiger charge is 2.30. The molecule has 0 aliphatic carbocycles. The van der Waals surface area contributed by atoms with Crippen LogP contribution < -0.4 is 4.74 Å². The van der Waals surface area contributed by atoms with Gasteiger partial charge in [0.05, 0.1) is 12.1 Å². The molecule has 1 aromatic carbocycles. The average Bonchev–Trinajstić information content (AvgIpc) is 2.94. The summed E-state index contributed by atoms with van der Waals surface area (Å²) < 4.78 is 11.4. The third-order valence-corrected chi connectivity index (χ3v) is 3.67. The first kappa shape index (κ1) is 15.6. The summed E-state index contributed by atoms with van der Waals surface area (Å²) in [5, 5.41) is 1.05. The van der Waals surface area contributed by atoms with Crippen LogP contribution in [0.25, 0.3) is 10.9 Å². The number of benzene rings is 1. The molecular weight excluding hydrogens is 292 g/mol. The zero-order valence-corrected chi connectivity index (χ0v) is 13.8. The molecule has 0 bridgehead atoms. The summed E-state index contributed by atoms with van der Waals surface area (Å²) in [6.45, 7) is 6.84. The first-order valence-corrected chi connectivity index (χ1v) is 7.90. The summed E-state index contributed by atoms with van der Waals surface area (Å²) >= 11 is 0. The van der Waals surface area contributed by atoms with Gasteiger partial charge in [-0.3, -0.25) is 4.98 Å². The van der Waals surface area contributed by atoms with Crippen LogP contribution >= 0.6 is 0 Å². The van der Waals surface area contributed by atoms with Gasteiger partial charge in [-0.15, -0.1) is 0 Å². The van der Waals surface area contributed by atoms with Crippen LogP contribution in [0.5, 0.6) is 5.75 Å². The SMILES string of the molecule is CC(C)(C)OC(=O)N1CC[C@H](Oc2ccc3ncccc3c2)C1. The van der Waals surface area contributed by atoms with Crippen molar-refractivity contribution in [2.24, 2.45) is 0 Å². The van der Waals surface area contributed by atoms with Crippen molar-refractivity contribution < 1.29 is 14.3 Å². The maximum atomic E-state index is 12.1. The molecule has 1 fully saturated rings. The molecule has 23 heavy (non-hydrogen) atoms.